The zero-order valence-corrected chi connectivity index (χ0v) is 21.0. The van der Waals surface area contributed by atoms with E-state index in [0.29, 0.717) is 35.5 Å². The molecule has 1 aliphatic heterocycles. The number of imidazole rings is 1. The van der Waals surface area contributed by atoms with Crippen LogP contribution in [0.5, 0.6) is 0 Å². The van der Waals surface area contributed by atoms with E-state index in [9.17, 15) is 4.79 Å². The van der Waals surface area contributed by atoms with Crippen molar-refractivity contribution >= 4 is 34.6 Å². The first-order valence-corrected chi connectivity index (χ1v) is 12.7. The second-order valence-electron chi connectivity index (χ2n) is 9.82. The van der Waals surface area contributed by atoms with Gasteiger partial charge in [-0.1, -0.05) is 43.5 Å². The Morgan fingerprint density at radius 3 is 2.71 bits per heavy atom. The van der Waals surface area contributed by atoms with Crippen molar-refractivity contribution in [1.82, 2.24) is 24.9 Å². The van der Waals surface area contributed by atoms with E-state index < -0.39 is 5.91 Å². The normalized spacial score (nSPS) is 23.0. The lowest BCUT2D eigenvalue weighted by Crippen LogP contribution is -2.45. The fourth-order valence-electron chi connectivity index (χ4n) is 5.21. The summed E-state index contributed by atoms with van der Waals surface area (Å²) in [6.07, 6.45) is 4.83. The van der Waals surface area contributed by atoms with Gasteiger partial charge in [0.15, 0.2) is 5.65 Å². The molecular weight excluding hydrogens is 466 g/mol. The maximum atomic E-state index is 12.5. The number of morpholine rings is 1. The molecule has 1 atom stereocenters. The summed E-state index contributed by atoms with van der Waals surface area (Å²) in [5.74, 6) is 6.99. The molecule has 2 aromatic heterocycles. The molecule has 2 aliphatic rings. The summed E-state index contributed by atoms with van der Waals surface area (Å²) in [7, 11) is 0. The average molecular weight is 498 g/mol. The van der Waals surface area contributed by atoms with Gasteiger partial charge in [-0.15, -0.1) is 0 Å². The molecule has 2 fully saturated rings. The highest BCUT2D eigenvalue weighted by molar-refractivity contribution is 6.30. The van der Waals surface area contributed by atoms with Crippen LogP contribution in [0.4, 0.5) is 5.95 Å². The summed E-state index contributed by atoms with van der Waals surface area (Å²) < 4.78 is 7.95. The Morgan fingerprint density at radius 2 is 2.00 bits per heavy atom. The molecule has 3 heterocycles. The molecule has 0 unspecified atom stereocenters. The maximum absolute atomic E-state index is 12.5. The van der Waals surface area contributed by atoms with Gasteiger partial charge in [0.25, 0.3) is 0 Å². The lowest BCUT2D eigenvalue weighted by atomic mass is 9.83. The fourth-order valence-corrected chi connectivity index (χ4v) is 5.40. The molecule has 1 amide bonds. The number of carbonyl (C=O) groups is 1. The first-order chi connectivity index (χ1) is 16.9. The molecule has 5 rings (SSSR count). The number of rotatable bonds is 5. The van der Waals surface area contributed by atoms with Crippen molar-refractivity contribution in [2.75, 3.05) is 24.7 Å². The zero-order chi connectivity index (χ0) is 24.5. The van der Waals surface area contributed by atoms with E-state index in [0.717, 1.165) is 36.0 Å². The standard InChI is InChI=1S/C25H32ClN7O2/c1-15-6-8-17(9-7-15)13-33-21-20(18-4-3-5-19(26)12-18)28-23(24(34)31-27)29-22(21)30-25(33)32-10-11-35-14-16(32)2/h3-5,12,15-17H,6-11,13-14,27H2,1-2H3,(H,31,34)/t15?,16-,17?/m1/s1. The first-order valence-electron chi connectivity index (χ1n) is 12.3. The highest BCUT2D eigenvalue weighted by Gasteiger charge is 2.30. The van der Waals surface area contributed by atoms with E-state index >= 15 is 0 Å². The van der Waals surface area contributed by atoms with E-state index in [2.05, 4.69) is 38.7 Å². The largest absolute Gasteiger partial charge is 0.377 e. The topological polar surface area (TPSA) is 111 Å². The maximum Gasteiger partial charge on any atom is 0.303 e. The number of nitrogens with one attached hydrogen (secondary N) is 1. The first kappa shape index (κ1) is 24.0. The number of ether oxygens (including phenoxy) is 1. The van der Waals surface area contributed by atoms with E-state index in [1.807, 2.05) is 24.3 Å². The SMILES string of the molecule is CC1CCC(Cn2c(N3CCOC[C@H]3C)nc3nc(C(=O)NN)nc(-c4cccc(Cl)c4)c32)CC1. The van der Waals surface area contributed by atoms with Gasteiger partial charge in [-0.05, 0) is 43.7 Å². The van der Waals surface area contributed by atoms with Crippen molar-refractivity contribution in [1.29, 1.82) is 0 Å². The summed E-state index contributed by atoms with van der Waals surface area (Å²) in [4.78, 5) is 28.9. The van der Waals surface area contributed by atoms with Crippen LogP contribution in [-0.2, 0) is 11.3 Å². The molecule has 0 radical (unpaired) electrons. The van der Waals surface area contributed by atoms with Gasteiger partial charge in [0.05, 0.1) is 19.3 Å². The fraction of sp³-hybridized carbons (Fsp3) is 0.520. The number of aromatic nitrogens is 4. The predicted molar refractivity (Wildman–Crippen MR) is 136 cm³/mol. The number of hydrogen-bond donors (Lipinski definition) is 2. The number of fused-ring (bicyclic) bond motifs is 1. The van der Waals surface area contributed by atoms with Gasteiger partial charge in [-0.2, -0.15) is 4.98 Å². The van der Waals surface area contributed by atoms with Crippen molar-refractivity contribution in [3.63, 3.8) is 0 Å². The van der Waals surface area contributed by atoms with Crippen LogP contribution in [0.3, 0.4) is 0 Å². The third-order valence-corrected chi connectivity index (χ3v) is 7.45. The lowest BCUT2D eigenvalue weighted by molar-refractivity contribution is 0.0943. The number of hydrogen-bond acceptors (Lipinski definition) is 7. The number of carbonyl (C=O) groups excluding carboxylic acids is 1. The number of halogens is 1. The highest BCUT2D eigenvalue weighted by Crippen LogP contribution is 2.36. The van der Waals surface area contributed by atoms with Crippen molar-refractivity contribution in [3.8, 4) is 11.3 Å². The summed E-state index contributed by atoms with van der Waals surface area (Å²) in [5, 5.41) is 0.591. The molecule has 0 bridgehead atoms. The molecule has 0 spiro atoms. The number of nitrogens with zero attached hydrogens (tertiary/aromatic N) is 5. The van der Waals surface area contributed by atoms with Gasteiger partial charge >= 0.3 is 5.91 Å². The molecule has 1 aromatic carbocycles. The van der Waals surface area contributed by atoms with Gasteiger partial charge in [0, 0.05) is 23.7 Å². The number of hydrazine groups is 1. The van der Waals surface area contributed by atoms with Crippen LogP contribution in [0, 0.1) is 11.8 Å². The molecule has 3 aromatic rings. The summed E-state index contributed by atoms with van der Waals surface area (Å²) >= 11 is 6.34. The number of anilines is 1. The third-order valence-electron chi connectivity index (χ3n) is 7.22. The Balaban J connectivity index is 1.72. The van der Waals surface area contributed by atoms with Crippen molar-refractivity contribution in [3.05, 3.63) is 35.1 Å². The Morgan fingerprint density at radius 1 is 1.20 bits per heavy atom. The average Bonchev–Trinajstić information content (AvgIpc) is 3.22. The molecule has 186 valence electrons. The summed E-state index contributed by atoms with van der Waals surface area (Å²) in [6, 6.07) is 7.65. The monoisotopic (exact) mass is 497 g/mol. The molecule has 10 heteroatoms. The smallest absolute Gasteiger partial charge is 0.303 e. The second kappa shape index (κ2) is 10.1. The van der Waals surface area contributed by atoms with Crippen molar-refractivity contribution < 1.29 is 9.53 Å². The zero-order valence-electron chi connectivity index (χ0n) is 20.2. The molecule has 1 saturated carbocycles. The highest BCUT2D eigenvalue weighted by atomic mass is 35.5. The molecule has 1 aliphatic carbocycles. The lowest BCUT2D eigenvalue weighted by Gasteiger charge is -2.35. The van der Waals surface area contributed by atoms with E-state index in [4.69, 9.17) is 27.2 Å². The van der Waals surface area contributed by atoms with Crippen LogP contribution in [-0.4, -0.2) is 51.2 Å². The Labute approximate surface area is 210 Å². The third kappa shape index (κ3) is 4.85. The van der Waals surface area contributed by atoms with Crippen LogP contribution >= 0.6 is 11.6 Å². The molecule has 1 saturated heterocycles. The molecular formula is C25H32ClN7O2. The van der Waals surface area contributed by atoms with E-state index in [1.165, 1.54) is 25.7 Å². The van der Waals surface area contributed by atoms with Crippen molar-refractivity contribution in [2.24, 2.45) is 17.7 Å². The Kier molecular flexibility index (Phi) is 6.91. The summed E-state index contributed by atoms with van der Waals surface area (Å²) in [6.45, 7) is 7.31. The van der Waals surface area contributed by atoms with E-state index in [-0.39, 0.29) is 11.9 Å². The Hall–Kier alpha value is -2.75. The minimum absolute atomic E-state index is 0.0207. The van der Waals surface area contributed by atoms with Gasteiger partial charge in [0.2, 0.25) is 11.8 Å². The number of benzene rings is 1. The van der Waals surface area contributed by atoms with Crippen molar-refractivity contribution in [2.45, 2.75) is 52.1 Å². The number of amides is 1. The van der Waals surface area contributed by atoms with Gasteiger partial charge in [-0.25, -0.2) is 15.8 Å². The quantitative estimate of drug-likeness (QED) is 0.313. The minimum atomic E-state index is -0.563. The molecule has 3 N–H and O–H groups in total. The molecule has 35 heavy (non-hydrogen) atoms. The van der Waals surface area contributed by atoms with Crippen LogP contribution < -0.4 is 16.2 Å². The minimum Gasteiger partial charge on any atom is -0.377 e. The van der Waals surface area contributed by atoms with E-state index in [1.54, 1.807) is 0 Å². The summed E-state index contributed by atoms with van der Waals surface area (Å²) in [5.41, 5.74) is 4.86. The van der Waals surface area contributed by atoms with Gasteiger partial charge in [-0.3, -0.25) is 10.2 Å². The van der Waals surface area contributed by atoms with Crippen LogP contribution in [0.15, 0.2) is 24.3 Å². The van der Waals surface area contributed by atoms with Crippen LogP contribution in [0.1, 0.15) is 50.1 Å². The van der Waals surface area contributed by atoms with Gasteiger partial charge < -0.3 is 14.2 Å². The second-order valence-corrected chi connectivity index (χ2v) is 10.3. The number of nitrogen functional groups attached to an aromatic ring is 1. The Bertz CT molecular complexity index is 1220. The number of nitrogens with two attached hydrogens (primary N) is 1. The van der Waals surface area contributed by atoms with Crippen LogP contribution in [0.25, 0.3) is 22.4 Å². The molecule has 9 nitrogen and oxygen atoms in total. The van der Waals surface area contributed by atoms with Crippen LogP contribution in [0.2, 0.25) is 5.02 Å². The predicted octanol–water partition coefficient (Wildman–Crippen LogP) is 3.80. The van der Waals surface area contributed by atoms with Gasteiger partial charge in [0.1, 0.15) is 11.2 Å².